The normalized spacial score (nSPS) is 13.6. The summed E-state index contributed by atoms with van der Waals surface area (Å²) in [7, 11) is -2.71. The number of hydrogen-bond donors (Lipinski definition) is 3. The standard InChI is InChI=1S/C22H20ClN5O2.ClH/c1-30-20-6-5-15(23)12-18(20)27-22(29)26-17-3-2-4-19-16(17)8-10-28(19)13-14-7-9-25-21(24)11-14;/h2-12H,13H2,1H3,(H2,24,25)(H2,26,27,29);1H/i1D3,13D2;. The molecule has 31 heavy (non-hydrogen) atoms. The number of halogens is 2. The van der Waals surface area contributed by atoms with E-state index in [2.05, 4.69) is 15.6 Å². The van der Waals surface area contributed by atoms with Gasteiger partial charge in [-0.1, -0.05) is 17.7 Å². The lowest BCUT2D eigenvalue weighted by Gasteiger charge is -2.12. The van der Waals surface area contributed by atoms with Crippen LogP contribution in [0.1, 0.15) is 12.4 Å². The second-order valence-corrected chi connectivity index (χ2v) is 6.76. The van der Waals surface area contributed by atoms with Crippen LogP contribution >= 0.6 is 24.0 Å². The highest BCUT2D eigenvalue weighted by Crippen LogP contribution is 2.29. The number of carbonyl (C=O) groups is 1. The van der Waals surface area contributed by atoms with E-state index in [9.17, 15) is 4.79 Å². The molecule has 2 aromatic heterocycles. The summed E-state index contributed by atoms with van der Waals surface area (Å²) in [4.78, 5) is 16.7. The summed E-state index contributed by atoms with van der Waals surface area (Å²) in [5, 5.41) is 6.10. The number of fused-ring (bicyclic) bond motifs is 1. The number of anilines is 3. The van der Waals surface area contributed by atoms with Gasteiger partial charge in [-0.3, -0.25) is 0 Å². The van der Waals surface area contributed by atoms with Crippen LogP contribution in [-0.2, 0) is 6.50 Å². The van der Waals surface area contributed by atoms with Crippen LogP contribution < -0.4 is 21.1 Å². The molecule has 0 radical (unpaired) electrons. The van der Waals surface area contributed by atoms with Gasteiger partial charge in [0.25, 0.3) is 0 Å². The summed E-state index contributed by atoms with van der Waals surface area (Å²) in [6.45, 7) is -1.94. The average molecular weight is 463 g/mol. The van der Waals surface area contributed by atoms with Crippen molar-refractivity contribution in [1.82, 2.24) is 9.55 Å². The first-order valence-electron chi connectivity index (χ1n) is 11.3. The molecule has 0 aliphatic carbocycles. The number of nitrogens with zero attached hydrogens (tertiary/aromatic N) is 2. The Balaban J connectivity index is 0.00000361. The van der Waals surface area contributed by atoms with Gasteiger partial charge in [0.15, 0.2) is 0 Å². The van der Waals surface area contributed by atoms with E-state index >= 15 is 0 Å². The third-order valence-corrected chi connectivity index (χ3v) is 4.55. The van der Waals surface area contributed by atoms with Crippen molar-refractivity contribution < 1.29 is 16.4 Å². The zero-order valence-electron chi connectivity index (χ0n) is 20.9. The summed E-state index contributed by atoms with van der Waals surface area (Å²) in [6.07, 6.45) is 3.01. The first kappa shape index (κ1) is 16.3. The third-order valence-electron chi connectivity index (χ3n) is 4.31. The number of benzene rings is 2. The maximum Gasteiger partial charge on any atom is 0.323 e. The lowest BCUT2D eigenvalue weighted by atomic mass is 10.2. The van der Waals surface area contributed by atoms with Gasteiger partial charge in [-0.05, 0) is 54.1 Å². The molecule has 0 saturated carbocycles. The first-order valence-corrected chi connectivity index (χ1v) is 9.21. The Morgan fingerprint density at radius 3 is 2.87 bits per heavy atom. The van der Waals surface area contributed by atoms with E-state index in [1.165, 1.54) is 35.0 Å². The van der Waals surface area contributed by atoms with Gasteiger partial charge in [-0.25, -0.2) is 9.78 Å². The minimum atomic E-state index is -2.71. The molecule has 0 bridgehead atoms. The van der Waals surface area contributed by atoms with Crippen LogP contribution in [0.25, 0.3) is 10.9 Å². The molecule has 0 aliphatic heterocycles. The molecule has 2 heterocycles. The predicted molar refractivity (Wildman–Crippen MR) is 128 cm³/mol. The Kier molecular flexibility index (Phi) is 5.04. The lowest BCUT2D eigenvalue weighted by molar-refractivity contribution is 0.262. The molecule has 0 fully saturated rings. The van der Waals surface area contributed by atoms with Crippen molar-refractivity contribution >= 4 is 58.1 Å². The number of nitrogens with one attached hydrogen (secondary N) is 2. The van der Waals surface area contributed by atoms with Crippen molar-refractivity contribution in [2.75, 3.05) is 23.4 Å². The number of nitrogens with two attached hydrogens (primary N) is 1. The Bertz CT molecular complexity index is 1410. The first-order chi connectivity index (χ1) is 16.4. The third kappa shape index (κ3) is 5.02. The number of carbonyl (C=O) groups excluding carboxylic acids is 1. The maximum atomic E-state index is 12.8. The highest BCUT2D eigenvalue weighted by atomic mass is 35.5. The van der Waals surface area contributed by atoms with Crippen LogP contribution in [0.4, 0.5) is 22.0 Å². The molecule has 7 nitrogen and oxygen atoms in total. The SMILES string of the molecule is Cl.[2H]C([2H])([2H])Oc1ccc(Cl)cc1NC(=O)Nc1cccc2c1ccn2C([2H])([2H])c1ccnc(N)c1. The molecule has 0 saturated heterocycles. The molecule has 4 aromatic rings. The fraction of sp³-hybridized carbons (Fsp3) is 0.0909. The zero-order valence-corrected chi connectivity index (χ0v) is 17.5. The second kappa shape index (κ2) is 9.59. The highest BCUT2D eigenvalue weighted by Gasteiger charge is 2.12. The Labute approximate surface area is 197 Å². The van der Waals surface area contributed by atoms with Gasteiger partial charge in [-0.2, -0.15) is 0 Å². The van der Waals surface area contributed by atoms with Crippen LogP contribution in [0.3, 0.4) is 0 Å². The number of amides is 2. The molecule has 0 spiro atoms. The average Bonchev–Trinajstić information content (AvgIpc) is 3.21. The second-order valence-electron chi connectivity index (χ2n) is 6.33. The van der Waals surface area contributed by atoms with Crippen molar-refractivity contribution in [3.63, 3.8) is 0 Å². The van der Waals surface area contributed by atoms with E-state index < -0.39 is 19.6 Å². The van der Waals surface area contributed by atoms with Crippen molar-refractivity contribution in [2.24, 2.45) is 0 Å². The number of hydrogen-bond acceptors (Lipinski definition) is 4. The fourth-order valence-corrected chi connectivity index (χ4v) is 3.17. The molecule has 4 N–H and O–H groups in total. The number of pyridine rings is 1. The molecule has 160 valence electrons. The van der Waals surface area contributed by atoms with Crippen molar-refractivity contribution in [1.29, 1.82) is 0 Å². The highest BCUT2D eigenvalue weighted by molar-refractivity contribution is 6.31. The fourth-order valence-electron chi connectivity index (χ4n) is 3.00. The van der Waals surface area contributed by atoms with E-state index in [4.69, 9.17) is 28.9 Å². The van der Waals surface area contributed by atoms with Crippen molar-refractivity contribution in [3.8, 4) is 5.75 Å². The van der Waals surface area contributed by atoms with Crippen LogP contribution in [0.5, 0.6) is 5.75 Å². The molecule has 2 aromatic carbocycles. The van der Waals surface area contributed by atoms with E-state index in [0.29, 0.717) is 22.2 Å². The van der Waals surface area contributed by atoms with Crippen molar-refractivity contribution in [3.05, 3.63) is 77.6 Å². The van der Waals surface area contributed by atoms with E-state index in [1.807, 2.05) is 0 Å². The summed E-state index contributed by atoms with van der Waals surface area (Å²) in [5.41, 5.74) is 7.05. The summed E-state index contributed by atoms with van der Waals surface area (Å²) in [6, 6.07) is 13.2. The van der Waals surface area contributed by atoms with Crippen molar-refractivity contribution in [2.45, 2.75) is 6.50 Å². The quantitative estimate of drug-likeness (QED) is 0.370. The number of methoxy groups -OCH3 is 1. The number of urea groups is 1. The van der Waals surface area contributed by atoms with Gasteiger partial charge in [0.1, 0.15) is 11.6 Å². The molecule has 9 heteroatoms. The number of rotatable bonds is 5. The Hall–Kier alpha value is -3.42. The minimum Gasteiger partial charge on any atom is -0.495 e. The van der Waals surface area contributed by atoms with Gasteiger partial charge in [-0.15, -0.1) is 12.4 Å². The summed E-state index contributed by atoms with van der Waals surface area (Å²) in [5.74, 6) is 0.128. The monoisotopic (exact) mass is 462 g/mol. The molecular formula is C22H21Cl2N5O2. The summed E-state index contributed by atoms with van der Waals surface area (Å²) < 4.78 is 45.6. The number of aromatic nitrogens is 2. The minimum absolute atomic E-state index is 0. The topological polar surface area (TPSA) is 94.2 Å². The molecule has 0 unspecified atom stereocenters. The van der Waals surface area contributed by atoms with E-state index in [-0.39, 0.29) is 34.7 Å². The molecular weight excluding hydrogens is 437 g/mol. The van der Waals surface area contributed by atoms with Crippen LogP contribution in [-0.4, -0.2) is 22.6 Å². The van der Waals surface area contributed by atoms with Gasteiger partial charge in [0.05, 0.1) is 30.8 Å². The molecule has 4 rings (SSSR count). The van der Waals surface area contributed by atoms with Gasteiger partial charge in [0, 0.05) is 29.3 Å². The molecule has 0 aliphatic rings. The smallest absolute Gasteiger partial charge is 0.323 e. The number of ether oxygens (including phenoxy) is 1. The zero-order chi connectivity index (χ0) is 25.4. The number of nitrogen functional groups attached to an aromatic ring is 1. The summed E-state index contributed by atoms with van der Waals surface area (Å²) >= 11 is 6.00. The molecule has 0 atom stereocenters. The van der Waals surface area contributed by atoms with Crippen LogP contribution in [0.15, 0.2) is 67.0 Å². The lowest BCUT2D eigenvalue weighted by Crippen LogP contribution is -2.20. The van der Waals surface area contributed by atoms with E-state index in [1.54, 1.807) is 36.5 Å². The van der Waals surface area contributed by atoms with E-state index in [0.717, 1.165) is 0 Å². The largest absolute Gasteiger partial charge is 0.495 e. The Morgan fingerprint density at radius 2 is 2.06 bits per heavy atom. The van der Waals surface area contributed by atoms with Crippen LogP contribution in [0, 0.1) is 0 Å². The van der Waals surface area contributed by atoms with Gasteiger partial charge in [0.2, 0.25) is 0 Å². The molecule has 2 amide bonds. The Morgan fingerprint density at radius 1 is 1.23 bits per heavy atom. The maximum absolute atomic E-state index is 12.8. The van der Waals surface area contributed by atoms with Crippen LogP contribution in [0.2, 0.25) is 5.02 Å². The van der Waals surface area contributed by atoms with Gasteiger partial charge < -0.3 is 25.7 Å². The van der Waals surface area contributed by atoms with Gasteiger partial charge >= 0.3 is 6.03 Å². The predicted octanol–water partition coefficient (Wildman–Crippen LogP) is 5.39.